The van der Waals surface area contributed by atoms with E-state index in [0.29, 0.717) is 25.8 Å². The first-order valence-corrected chi connectivity index (χ1v) is 10.7. The summed E-state index contributed by atoms with van der Waals surface area (Å²) < 4.78 is 5.96. The van der Waals surface area contributed by atoms with Gasteiger partial charge in [-0.05, 0) is 35.9 Å². The molecule has 1 N–H and O–H groups in total. The lowest BCUT2D eigenvalue weighted by atomic mass is 9.87. The average Bonchev–Trinajstić information content (AvgIpc) is 3.40. The van der Waals surface area contributed by atoms with Gasteiger partial charge in [-0.25, -0.2) is 0 Å². The summed E-state index contributed by atoms with van der Waals surface area (Å²) in [6.07, 6.45) is 4.09. The number of para-hydroxylation sites is 1. The van der Waals surface area contributed by atoms with Gasteiger partial charge in [-0.3, -0.25) is 9.59 Å². The zero-order chi connectivity index (χ0) is 19.6. The predicted molar refractivity (Wildman–Crippen MR) is 110 cm³/mol. The van der Waals surface area contributed by atoms with Gasteiger partial charge >= 0.3 is 0 Å². The maximum atomic E-state index is 12.7. The van der Waals surface area contributed by atoms with Gasteiger partial charge in [0.05, 0.1) is 6.54 Å². The number of rotatable bonds is 7. The molecule has 0 saturated carbocycles. The second kappa shape index (κ2) is 7.95. The topological polar surface area (TPSA) is 58.6 Å². The minimum Gasteiger partial charge on any atom is -0.488 e. The summed E-state index contributed by atoms with van der Waals surface area (Å²) >= 11 is 1.70. The molecule has 2 aliphatic rings. The molecule has 2 amide bonds. The Bertz CT molecular complexity index is 826. The third-order valence-corrected chi connectivity index (χ3v) is 6.64. The van der Waals surface area contributed by atoms with Gasteiger partial charge in [0.25, 0.3) is 0 Å². The number of fused-ring (bicyclic) bond motifs is 1. The van der Waals surface area contributed by atoms with Crippen molar-refractivity contribution in [2.75, 3.05) is 13.6 Å². The van der Waals surface area contributed by atoms with E-state index in [1.807, 2.05) is 31.3 Å². The Hall–Kier alpha value is -2.34. The molecule has 0 unspecified atom stereocenters. The van der Waals surface area contributed by atoms with Gasteiger partial charge in [-0.2, -0.15) is 0 Å². The fourth-order valence-corrected chi connectivity index (χ4v) is 5.08. The molecule has 6 heteroatoms. The molecule has 4 rings (SSSR count). The standard InChI is InChI=1S/C22H26N2O3S/c1-24(15-17-13-16-5-2-3-7-19(16)27-17)21(26)9-11-22(10-8-20(25)23-22)14-18-6-4-12-28-18/h2-7,12,17H,8-11,13-15H2,1H3,(H,23,25)/t17-,22-/m1/s1. The molecule has 1 saturated heterocycles. The normalized spacial score (nSPS) is 23.2. The van der Waals surface area contributed by atoms with Crippen molar-refractivity contribution in [2.45, 2.75) is 50.2 Å². The van der Waals surface area contributed by atoms with Crippen molar-refractivity contribution in [3.63, 3.8) is 0 Å². The van der Waals surface area contributed by atoms with E-state index in [9.17, 15) is 9.59 Å². The Balaban J connectivity index is 1.31. The summed E-state index contributed by atoms with van der Waals surface area (Å²) in [5.41, 5.74) is 0.912. The number of likely N-dealkylation sites (N-methyl/N-ethyl adjacent to an activating group) is 1. The molecule has 5 nitrogen and oxygen atoms in total. The third-order valence-electron chi connectivity index (χ3n) is 5.76. The Labute approximate surface area is 169 Å². The van der Waals surface area contributed by atoms with Crippen LogP contribution in [0.5, 0.6) is 5.75 Å². The van der Waals surface area contributed by atoms with Crippen LogP contribution in [0.2, 0.25) is 0 Å². The van der Waals surface area contributed by atoms with Crippen LogP contribution >= 0.6 is 11.3 Å². The number of hydrogen-bond donors (Lipinski definition) is 1. The van der Waals surface area contributed by atoms with Crippen molar-refractivity contribution in [3.05, 3.63) is 52.2 Å². The largest absolute Gasteiger partial charge is 0.488 e. The molecule has 0 aliphatic carbocycles. The number of nitrogens with zero attached hydrogens (tertiary/aromatic N) is 1. The fourth-order valence-electron chi connectivity index (χ4n) is 4.23. The van der Waals surface area contributed by atoms with E-state index < -0.39 is 0 Å². The van der Waals surface area contributed by atoms with Gasteiger partial charge in [-0.15, -0.1) is 11.3 Å². The predicted octanol–water partition coefficient (Wildman–Crippen LogP) is 3.18. The number of amides is 2. The molecular formula is C22H26N2O3S. The van der Waals surface area contributed by atoms with Crippen LogP contribution in [0.15, 0.2) is 41.8 Å². The van der Waals surface area contributed by atoms with E-state index in [1.54, 1.807) is 16.2 Å². The second-order valence-corrected chi connectivity index (χ2v) is 8.94. The van der Waals surface area contributed by atoms with E-state index >= 15 is 0 Å². The lowest BCUT2D eigenvalue weighted by Gasteiger charge is -2.30. The summed E-state index contributed by atoms with van der Waals surface area (Å²) in [6, 6.07) is 12.2. The van der Waals surface area contributed by atoms with E-state index in [0.717, 1.165) is 25.0 Å². The van der Waals surface area contributed by atoms with Gasteiger partial charge < -0.3 is 15.0 Å². The van der Waals surface area contributed by atoms with E-state index in [2.05, 4.69) is 22.8 Å². The summed E-state index contributed by atoms with van der Waals surface area (Å²) in [6.45, 7) is 0.581. The number of nitrogens with one attached hydrogen (secondary N) is 1. The highest BCUT2D eigenvalue weighted by Crippen LogP contribution is 2.32. The third kappa shape index (κ3) is 4.22. The first kappa shape index (κ1) is 19.0. The van der Waals surface area contributed by atoms with Gasteiger partial charge in [0.1, 0.15) is 11.9 Å². The van der Waals surface area contributed by atoms with Gasteiger partial charge in [-0.1, -0.05) is 24.3 Å². The maximum absolute atomic E-state index is 12.7. The molecule has 1 aromatic heterocycles. The van der Waals surface area contributed by atoms with Crippen LogP contribution in [0.4, 0.5) is 0 Å². The van der Waals surface area contributed by atoms with Crippen LogP contribution in [-0.2, 0) is 22.4 Å². The number of carbonyl (C=O) groups is 2. The van der Waals surface area contributed by atoms with Gasteiger partial charge in [0.15, 0.2) is 0 Å². The Kier molecular flexibility index (Phi) is 5.40. The smallest absolute Gasteiger partial charge is 0.222 e. The van der Waals surface area contributed by atoms with Crippen LogP contribution in [0, 0.1) is 0 Å². The van der Waals surface area contributed by atoms with Crippen molar-refractivity contribution < 1.29 is 14.3 Å². The van der Waals surface area contributed by atoms with Crippen molar-refractivity contribution in [3.8, 4) is 5.75 Å². The molecule has 0 bridgehead atoms. The molecule has 1 fully saturated rings. The highest BCUT2D eigenvalue weighted by Gasteiger charge is 2.38. The van der Waals surface area contributed by atoms with Gasteiger partial charge in [0, 0.05) is 43.1 Å². The highest BCUT2D eigenvalue weighted by atomic mass is 32.1. The Morgan fingerprint density at radius 2 is 2.18 bits per heavy atom. The SMILES string of the molecule is CN(C[C@H]1Cc2ccccc2O1)C(=O)CC[C@@]1(Cc2cccs2)CCC(=O)N1. The zero-order valence-electron chi connectivity index (χ0n) is 16.1. The van der Waals surface area contributed by atoms with Gasteiger partial charge in [0.2, 0.25) is 11.8 Å². The first-order valence-electron chi connectivity index (χ1n) is 9.85. The number of benzene rings is 1. The average molecular weight is 399 g/mol. The van der Waals surface area contributed by atoms with Crippen molar-refractivity contribution in [2.24, 2.45) is 0 Å². The maximum Gasteiger partial charge on any atom is 0.222 e. The highest BCUT2D eigenvalue weighted by molar-refractivity contribution is 7.09. The van der Waals surface area contributed by atoms with E-state index in [-0.39, 0.29) is 23.5 Å². The lowest BCUT2D eigenvalue weighted by Crippen LogP contribution is -2.45. The molecule has 0 spiro atoms. The monoisotopic (exact) mass is 398 g/mol. The number of hydrogen-bond acceptors (Lipinski definition) is 4. The fraction of sp³-hybridized carbons (Fsp3) is 0.455. The molecule has 1 aromatic carbocycles. The summed E-state index contributed by atoms with van der Waals surface area (Å²) in [4.78, 5) is 27.7. The molecule has 2 atom stereocenters. The van der Waals surface area contributed by atoms with E-state index in [4.69, 9.17) is 4.74 Å². The summed E-state index contributed by atoms with van der Waals surface area (Å²) in [5.74, 6) is 1.12. The Morgan fingerprint density at radius 1 is 1.32 bits per heavy atom. The Morgan fingerprint density at radius 3 is 2.89 bits per heavy atom. The van der Waals surface area contributed by atoms with Crippen LogP contribution in [-0.4, -0.2) is 41.9 Å². The number of carbonyl (C=O) groups excluding carboxylic acids is 2. The zero-order valence-corrected chi connectivity index (χ0v) is 17.0. The molecule has 28 heavy (non-hydrogen) atoms. The van der Waals surface area contributed by atoms with Crippen molar-refractivity contribution >= 4 is 23.2 Å². The van der Waals surface area contributed by atoms with Crippen LogP contribution in [0.25, 0.3) is 0 Å². The van der Waals surface area contributed by atoms with E-state index in [1.165, 1.54) is 10.4 Å². The molecule has 148 valence electrons. The minimum atomic E-state index is -0.293. The molecule has 2 aromatic rings. The van der Waals surface area contributed by atoms with Crippen LogP contribution in [0.1, 0.15) is 36.1 Å². The lowest BCUT2D eigenvalue weighted by molar-refractivity contribution is -0.131. The van der Waals surface area contributed by atoms with Crippen molar-refractivity contribution in [1.29, 1.82) is 0 Å². The molecule has 3 heterocycles. The van der Waals surface area contributed by atoms with Crippen LogP contribution < -0.4 is 10.1 Å². The first-order chi connectivity index (χ1) is 13.5. The number of thiophene rings is 1. The second-order valence-electron chi connectivity index (χ2n) is 7.91. The summed E-state index contributed by atoms with van der Waals surface area (Å²) in [7, 11) is 1.84. The quantitative estimate of drug-likeness (QED) is 0.779. The van der Waals surface area contributed by atoms with Crippen molar-refractivity contribution in [1.82, 2.24) is 10.2 Å². The number of ether oxygens (including phenoxy) is 1. The van der Waals surface area contributed by atoms with Crippen LogP contribution in [0.3, 0.4) is 0 Å². The molecule has 2 aliphatic heterocycles. The summed E-state index contributed by atoms with van der Waals surface area (Å²) in [5, 5.41) is 5.21. The molecule has 0 radical (unpaired) electrons. The minimum absolute atomic E-state index is 0.0117. The molecular weight excluding hydrogens is 372 g/mol.